The predicted molar refractivity (Wildman–Crippen MR) is 74.3 cm³/mol. The molecule has 0 aromatic carbocycles. The van der Waals surface area contributed by atoms with Crippen molar-refractivity contribution in [3.05, 3.63) is 0 Å². The molecule has 106 valence electrons. The van der Waals surface area contributed by atoms with Crippen LogP contribution in [0, 0.1) is 5.41 Å². The van der Waals surface area contributed by atoms with Crippen molar-refractivity contribution in [3.8, 4) is 0 Å². The molecule has 0 aliphatic carbocycles. The van der Waals surface area contributed by atoms with Gasteiger partial charge in [0.05, 0.1) is 32.8 Å². The van der Waals surface area contributed by atoms with Crippen molar-refractivity contribution >= 4 is 29.2 Å². The number of hydrogen-bond donors (Lipinski definition) is 1. The van der Waals surface area contributed by atoms with Crippen molar-refractivity contribution in [1.82, 2.24) is 9.80 Å². The van der Waals surface area contributed by atoms with E-state index in [0.717, 1.165) is 13.1 Å². The first-order chi connectivity index (χ1) is 9.25. The normalized spacial score (nSPS) is 22.1. The molecule has 8 heteroatoms. The summed E-state index contributed by atoms with van der Waals surface area (Å²) in [4.78, 5) is 12.4. The highest BCUT2D eigenvalue weighted by atomic mass is 35.5. The second kappa shape index (κ2) is 7.42. The van der Waals surface area contributed by atoms with Gasteiger partial charge >= 0.3 is 0 Å². The van der Waals surface area contributed by atoms with E-state index in [-0.39, 0.29) is 5.29 Å². The Labute approximate surface area is 117 Å². The first kappa shape index (κ1) is 14.2. The average Bonchev–Trinajstić information content (AvgIpc) is 2.45. The molecule has 0 amide bonds. The Bertz CT molecular complexity index is 362. The highest BCUT2D eigenvalue weighted by Crippen LogP contribution is 2.02. The number of morpholine rings is 2. The molecule has 2 fully saturated rings. The summed E-state index contributed by atoms with van der Waals surface area (Å²) in [5.41, 5.74) is 0. The molecule has 0 radical (unpaired) electrons. The fourth-order valence-corrected chi connectivity index (χ4v) is 1.93. The molecular weight excluding hydrogens is 270 g/mol. The van der Waals surface area contributed by atoms with E-state index in [4.69, 9.17) is 26.5 Å². The Balaban J connectivity index is 2.00. The van der Waals surface area contributed by atoms with Gasteiger partial charge in [-0.25, -0.2) is 4.99 Å². The average molecular weight is 288 g/mol. The monoisotopic (exact) mass is 287 g/mol. The van der Waals surface area contributed by atoms with Crippen LogP contribution in [0.4, 0.5) is 0 Å². The van der Waals surface area contributed by atoms with Crippen molar-refractivity contribution in [1.29, 1.82) is 5.41 Å². The van der Waals surface area contributed by atoms with Gasteiger partial charge in [-0.1, -0.05) is 0 Å². The smallest absolute Gasteiger partial charge is 0.229 e. The largest absolute Gasteiger partial charge is 0.378 e. The van der Waals surface area contributed by atoms with E-state index in [1.165, 1.54) is 0 Å². The quantitative estimate of drug-likeness (QED) is 0.425. The van der Waals surface area contributed by atoms with Crippen molar-refractivity contribution in [2.24, 2.45) is 9.98 Å². The molecule has 2 aliphatic heterocycles. The van der Waals surface area contributed by atoms with Crippen molar-refractivity contribution in [3.63, 3.8) is 0 Å². The van der Waals surface area contributed by atoms with Crippen LogP contribution in [-0.4, -0.2) is 80.0 Å². The molecule has 0 aromatic heterocycles. The van der Waals surface area contributed by atoms with Gasteiger partial charge in [-0.2, -0.15) is 4.99 Å². The van der Waals surface area contributed by atoms with Gasteiger partial charge in [0, 0.05) is 26.2 Å². The number of nitrogens with one attached hydrogen (secondary N) is 1. The van der Waals surface area contributed by atoms with E-state index < -0.39 is 0 Å². The predicted octanol–water partition coefficient (Wildman–Crippen LogP) is 0.209. The van der Waals surface area contributed by atoms with Gasteiger partial charge < -0.3 is 19.3 Å². The maximum atomic E-state index is 7.28. The Hall–Kier alpha value is -1.18. The third-order valence-corrected chi connectivity index (χ3v) is 2.96. The number of nitrogens with zero attached hydrogens (tertiary/aromatic N) is 4. The zero-order chi connectivity index (χ0) is 13.5. The van der Waals surface area contributed by atoms with E-state index in [2.05, 4.69) is 14.9 Å². The van der Waals surface area contributed by atoms with Crippen LogP contribution in [0.5, 0.6) is 0 Å². The van der Waals surface area contributed by atoms with E-state index in [1.54, 1.807) is 6.34 Å². The minimum absolute atomic E-state index is 0.263. The first-order valence-corrected chi connectivity index (χ1v) is 6.65. The Morgan fingerprint density at radius 2 is 1.63 bits per heavy atom. The summed E-state index contributed by atoms with van der Waals surface area (Å²) in [5.74, 6) is 0.467. The number of amidine groups is 1. The van der Waals surface area contributed by atoms with Crippen molar-refractivity contribution in [2.75, 3.05) is 52.6 Å². The third-order valence-electron chi connectivity index (χ3n) is 2.87. The summed E-state index contributed by atoms with van der Waals surface area (Å²) >= 11 is 5.54. The lowest BCUT2D eigenvalue weighted by Gasteiger charge is -2.28. The third kappa shape index (κ3) is 4.77. The standard InChI is InChI=1S/C11H18ClN5O2/c12-10(13)15-11(17-3-7-19-8-4-17)14-9-16-1-5-18-6-2-16/h9,13H,1-8H2. The fraction of sp³-hybridized carbons (Fsp3) is 0.727. The van der Waals surface area contributed by atoms with Crippen LogP contribution in [0.15, 0.2) is 9.98 Å². The van der Waals surface area contributed by atoms with E-state index in [1.807, 2.05) is 4.90 Å². The van der Waals surface area contributed by atoms with Gasteiger partial charge in [-0.05, 0) is 11.6 Å². The molecule has 0 atom stereocenters. The highest BCUT2D eigenvalue weighted by molar-refractivity contribution is 6.64. The van der Waals surface area contributed by atoms with Crippen molar-refractivity contribution < 1.29 is 9.47 Å². The molecule has 0 spiro atoms. The van der Waals surface area contributed by atoms with Gasteiger partial charge in [0.25, 0.3) is 0 Å². The van der Waals surface area contributed by atoms with Gasteiger partial charge in [0.15, 0.2) is 0 Å². The van der Waals surface area contributed by atoms with E-state index in [9.17, 15) is 0 Å². The van der Waals surface area contributed by atoms with Crippen LogP contribution in [0.25, 0.3) is 0 Å². The molecule has 0 saturated carbocycles. The fourth-order valence-electron chi connectivity index (χ4n) is 1.86. The number of halogens is 1. The zero-order valence-corrected chi connectivity index (χ0v) is 11.5. The second-order valence-electron chi connectivity index (χ2n) is 4.19. The molecule has 2 rings (SSSR count). The molecule has 2 heterocycles. The van der Waals surface area contributed by atoms with Gasteiger partial charge in [0.1, 0.15) is 0 Å². The summed E-state index contributed by atoms with van der Waals surface area (Å²) in [6, 6.07) is 0. The van der Waals surface area contributed by atoms with E-state index in [0.29, 0.717) is 45.5 Å². The highest BCUT2D eigenvalue weighted by Gasteiger charge is 2.15. The van der Waals surface area contributed by atoms with Crippen LogP contribution < -0.4 is 0 Å². The maximum Gasteiger partial charge on any atom is 0.229 e. The molecule has 2 aliphatic rings. The molecule has 1 N–H and O–H groups in total. The second-order valence-corrected chi connectivity index (χ2v) is 4.55. The van der Waals surface area contributed by atoms with Gasteiger partial charge in [-0.3, -0.25) is 5.41 Å². The molecule has 0 bridgehead atoms. The molecule has 0 unspecified atom stereocenters. The Morgan fingerprint density at radius 1 is 1.05 bits per heavy atom. The summed E-state index contributed by atoms with van der Waals surface area (Å²) in [5, 5.41) is 7.02. The van der Waals surface area contributed by atoms with Crippen LogP contribution >= 0.6 is 11.6 Å². The van der Waals surface area contributed by atoms with Crippen molar-refractivity contribution in [2.45, 2.75) is 0 Å². The number of rotatable bonds is 1. The topological polar surface area (TPSA) is 73.5 Å². The summed E-state index contributed by atoms with van der Waals surface area (Å²) in [6.07, 6.45) is 1.75. The first-order valence-electron chi connectivity index (χ1n) is 6.27. The van der Waals surface area contributed by atoms with E-state index >= 15 is 0 Å². The lowest BCUT2D eigenvalue weighted by Crippen LogP contribution is -2.41. The van der Waals surface area contributed by atoms with Crippen LogP contribution in [0.2, 0.25) is 0 Å². The van der Waals surface area contributed by atoms with Crippen LogP contribution in [0.1, 0.15) is 0 Å². The van der Waals surface area contributed by atoms with Gasteiger partial charge in [0.2, 0.25) is 11.3 Å². The Kier molecular flexibility index (Phi) is 5.56. The summed E-state index contributed by atoms with van der Waals surface area (Å²) in [7, 11) is 0. The molecule has 0 aromatic rings. The lowest BCUT2D eigenvalue weighted by molar-refractivity contribution is 0.0669. The molecule has 19 heavy (non-hydrogen) atoms. The number of hydrogen-bond acceptors (Lipinski definition) is 3. The van der Waals surface area contributed by atoms with Gasteiger partial charge in [-0.15, -0.1) is 0 Å². The summed E-state index contributed by atoms with van der Waals surface area (Å²) in [6.45, 7) is 5.76. The summed E-state index contributed by atoms with van der Waals surface area (Å²) < 4.78 is 10.6. The Morgan fingerprint density at radius 3 is 2.21 bits per heavy atom. The number of guanidine groups is 1. The lowest BCUT2D eigenvalue weighted by atomic mass is 10.4. The minimum Gasteiger partial charge on any atom is -0.378 e. The number of ether oxygens (including phenoxy) is 2. The molecule has 7 nitrogen and oxygen atoms in total. The van der Waals surface area contributed by atoms with Crippen LogP contribution in [0.3, 0.4) is 0 Å². The SMILES string of the molecule is N=C(Cl)N=C(N=CN1CCOCC1)N1CCOCC1. The minimum atomic E-state index is -0.263. The molecular formula is C11H18ClN5O2. The van der Waals surface area contributed by atoms with Crippen LogP contribution in [-0.2, 0) is 9.47 Å². The zero-order valence-electron chi connectivity index (χ0n) is 10.7. The maximum absolute atomic E-state index is 7.28. The molecule has 2 saturated heterocycles. The number of aliphatic imine (C=N–C) groups is 2.